The molecule has 9 heteroatoms. The molecule has 1 aliphatic heterocycles. The molecule has 1 saturated carbocycles. The Labute approximate surface area is 199 Å². The van der Waals surface area contributed by atoms with E-state index in [2.05, 4.69) is 24.4 Å². The number of nitrogens with one attached hydrogen (secondary N) is 1. The summed E-state index contributed by atoms with van der Waals surface area (Å²) in [5, 5.41) is 15.6. The number of hydrogen-bond donors (Lipinski definition) is 1. The predicted octanol–water partition coefficient (Wildman–Crippen LogP) is 4.62. The number of benzene rings is 1. The lowest BCUT2D eigenvalue weighted by atomic mass is 9.75. The van der Waals surface area contributed by atoms with Crippen LogP contribution in [0.1, 0.15) is 71.8 Å². The highest BCUT2D eigenvalue weighted by Crippen LogP contribution is 2.39. The van der Waals surface area contributed by atoms with Crippen molar-refractivity contribution in [1.82, 2.24) is 5.43 Å². The number of non-ortho nitro benzene ring substituents is 1. The van der Waals surface area contributed by atoms with Crippen molar-refractivity contribution >= 4 is 23.3 Å². The molecule has 1 aromatic rings. The lowest BCUT2D eigenvalue weighted by molar-refractivity contribution is -0.384. The van der Waals surface area contributed by atoms with Gasteiger partial charge in [-0.1, -0.05) is 26.0 Å². The molecule has 0 amide bonds. The van der Waals surface area contributed by atoms with E-state index in [1.807, 2.05) is 6.92 Å². The van der Waals surface area contributed by atoms with Gasteiger partial charge < -0.3 is 9.47 Å². The standard InChI is InChI=1S/C25H33N3O6/c1-6-33-23(29)20-16(4)26-27-22(21(20)18-8-7-9-19(14-18)28(31)32)24(30)34-25(5)12-10-17(11-13-25)15(2)3/h7-9,14-15,17,21,26H,6,10-13H2,1-5H3. The Morgan fingerprint density at radius 2 is 1.94 bits per heavy atom. The molecule has 1 fully saturated rings. The number of nitro groups is 1. The van der Waals surface area contributed by atoms with Gasteiger partial charge in [0.25, 0.3) is 5.69 Å². The average molecular weight is 472 g/mol. The summed E-state index contributed by atoms with van der Waals surface area (Å²) in [6.45, 7) is 9.81. The molecule has 1 N–H and O–H groups in total. The molecule has 0 radical (unpaired) electrons. The number of carbonyl (C=O) groups is 2. The number of rotatable bonds is 7. The van der Waals surface area contributed by atoms with Gasteiger partial charge in [0.05, 0.1) is 23.0 Å². The second kappa shape index (κ2) is 10.4. The smallest absolute Gasteiger partial charge is 0.356 e. The zero-order chi connectivity index (χ0) is 25.0. The van der Waals surface area contributed by atoms with Gasteiger partial charge in [-0.25, -0.2) is 9.59 Å². The summed E-state index contributed by atoms with van der Waals surface area (Å²) in [5.41, 5.74) is 2.91. The average Bonchev–Trinajstić information content (AvgIpc) is 2.78. The van der Waals surface area contributed by atoms with Crippen LogP contribution in [0, 0.1) is 22.0 Å². The highest BCUT2D eigenvalue weighted by atomic mass is 16.6. The second-order valence-corrected chi connectivity index (χ2v) is 9.57. The van der Waals surface area contributed by atoms with Crippen LogP contribution in [-0.2, 0) is 19.1 Å². The van der Waals surface area contributed by atoms with Crippen molar-refractivity contribution in [3.63, 3.8) is 0 Å². The molecule has 9 nitrogen and oxygen atoms in total. The van der Waals surface area contributed by atoms with Gasteiger partial charge in [-0.3, -0.25) is 15.5 Å². The summed E-state index contributed by atoms with van der Waals surface area (Å²) in [7, 11) is 0. The zero-order valence-electron chi connectivity index (χ0n) is 20.4. The monoisotopic (exact) mass is 471 g/mol. The molecular weight excluding hydrogens is 438 g/mol. The van der Waals surface area contributed by atoms with E-state index in [4.69, 9.17) is 9.47 Å². The second-order valence-electron chi connectivity index (χ2n) is 9.57. The molecule has 1 aromatic carbocycles. The summed E-state index contributed by atoms with van der Waals surface area (Å²) in [4.78, 5) is 37.2. The zero-order valence-corrected chi connectivity index (χ0v) is 20.4. The van der Waals surface area contributed by atoms with Crippen LogP contribution in [0.3, 0.4) is 0 Å². The van der Waals surface area contributed by atoms with Gasteiger partial charge in [0.2, 0.25) is 0 Å². The van der Waals surface area contributed by atoms with Crippen LogP contribution >= 0.6 is 0 Å². The van der Waals surface area contributed by atoms with E-state index in [9.17, 15) is 19.7 Å². The number of hydrogen-bond acceptors (Lipinski definition) is 8. The first kappa shape index (κ1) is 25.4. The largest absolute Gasteiger partial charge is 0.463 e. The molecule has 0 saturated heterocycles. The first-order valence-corrected chi connectivity index (χ1v) is 11.8. The number of carbonyl (C=O) groups excluding carboxylic acids is 2. The van der Waals surface area contributed by atoms with Crippen molar-refractivity contribution < 1.29 is 24.0 Å². The van der Waals surface area contributed by atoms with Gasteiger partial charge in [0.15, 0.2) is 5.71 Å². The fraction of sp³-hybridized carbons (Fsp3) is 0.560. The minimum Gasteiger partial charge on any atom is -0.463 e. The van der Waals surface area contributed by atoms with Crippen molar-refractivity contribution in [3.8, 4) is 0 Å². The lowest BCUT2D eigenvalue weighted by Gasteiger charge is -2.38. The van der Waals surface area contributed by atoms with Gasteiger partial charge in [-0.2, -0.15) is 5.10 Å². The molecule has 1 unspecified atom stereocenters. The normalized spacial score (nSPS) is 24.8. The Morgan fingerprint density at radius 1 is 1.26 bits per heavy atom. The minimum absolute atomic E-state index is 0.0265. The maximum Gasteiger partial charge on any atom is 0.356 e. The topological polar surface area (TPSA) is 120 Å². The quantitative estimate of drug-likeness (QED) is 0.350. The van der Waals surface area contributed by atoms with Crippen molar-refractivity contribution in [3.05, 3.63) is 51.2 Å². The summed E-state index contributed by atoms with van der Waals surface area (Å²) >= 11 is 0. The van der Waals surface area contributed by atoms with Gasteiger partial charge in [0, 0.05) is 17.8 Å². The third-order valence-corrected chi connectivity index (χ3v) is 6.80. The van der Waals surface area contributed by atoms with Crippen molar-refractivity contribution in [2.24, 2.45) is 16.9 Å². The van der Waals surface area contributed by atoms with Crippen LogP contribution in [0.2, 0.25) is 0 Å². The Balaban J connectivity index is 1.95. The van der Waals surface area contributed by atoms with E-state index in [0.29, 0.717) is 23.1 Å². The first-order chi connectivity index (χ1) is 16.1. The summed E-state index contributed by atoms with van der Waals surface area (Å²) < 4.78 is 11.2. The van der Waals surface area contributed by atoms with Crippen LogP contribution < -0.4 is 5.43 Å². The molecule has 3 rings (SSSR count). The Morgan fingerprint density at radius 3 is 2.53 bits per heavy atom. The van der Waals surface area contributed by atoms with Crippen LogP contribution in [0.15, 0.2) is 40.6 Å². The number of allylic oxidation sites excluding steroid dienone is 1. The van der Waals surface area contributed by atoms with Crippen LogP contribution in [0.4, 0.5) is 5.69 Å². The van der Waals surface area contributed by atoms with E-state index in [1.165, 1.54) is 18.2 Å². The van der Waals surface area contributed by atoms with Crippen molar-refractivity contribution in [2.75, 3.05) is 6.61 Å². The summed E-state index contributed by atoms with van der Waals surface area (Å²) in [6.07, 6.45) is 3.41. The number of ether oxygens (including phenoxy) is 2. The maximum absolute atomic E-state index is 13.4. The van der Waals surface area contributed by atoms with Crippen molar-refractivity contribution in [1.29, 1.82) is 0 Å². The first-order valence-electron chi connectivity index (χ1n) is 11.8. The van der Waals surface area contributed by atoms with E-state index >= 15 is 0 Å². The van der Waals surface area contributed by atoms with E-state index in [0.717, 1.165) is 25.7 Å². The Bertz CT molecular complexity index is 1020. The molecule has 1 aliphatic carbocycles. The van der Waals surface area contributed by atoms with Gasteiger partial charge in [-0.05, 0) is 63.9 Å². The minimum atomic E-state index is -0.955. The highest BCUT2D eigenvalue weighted by Gasteiger charge is 2.42. The number of nitrogens with zero attached hydrogens (tertiary/aromatic N) is 2. The fourth-order valence-corrected chi connectivity index (χ4v) is 4.70. The van der Waals surface area contributed by atoms with E-state index in [1.54, 1.807) is 19.9 Å². The molecule has 184 valence electrons. The highest BCUT2D eigenvalue weighted by molar-refractivity contribution is 6.40. The van der Waals surface area contributed by atoms with Gasteiger partial charge >= 0.3 is 11.9 Å². The lowest BCUT2D eigenvalue weighted by Crippen LogP contribution is -2.42. The van der Waals surface area contributed by atoms with Gasteiger partial charge in [-0.15, -0.1) is 0 Å². The number of esters is 2. The predicted molar refractivity (Wildman–Crippen MR) is 127 cm³/mol. The van der Waals surface area contributed by atoms with E-state index in [-0.39, 0.29) is 23.6 Å². The fourth-order valence-electron chi connectivity index (χ4n) is 4.70. The van der Waals surface area contributed by atoms with Crippen LogP contribution in [0.25, 0.3) is 0 Å². The third-order valence-electron chi connectivity index (χ3n) is 6.80. The van der Waals surface area contributed by atoms with Gasteiger partial charge in [0.1, 0.15) is 5.60 Å². The molecule has 0 bridgehead atoms. The molecule has 1 atom stereocenters. The van der Waals surface area contributed by atoms with E-state index < -0.39 is 28.4 Å². The molecule has 2 aliphatic rings. The van der Waals surface area contributed by atoms with Crippen molar-refractivity contribution in [2.45, 2.75) is 71.8 Å². The molecular formula is C25H33N3O6. The van der Waals surface area contributed by atoms with Crippen LogP contribution in [-0.4, -0.2) is 34.8 Å². The molecule has 0 spiro atoms. The number of hydrazone groups is 1. The maximum atomic E-state index is 13.4. The summed E-state index contributed by atoms with van der Waals surface area (Å²) in [6, 6.07) is 5.86. The SMILES string of the molecule is CCOC(=O)C1=C(C)NN=C(C(=O)OC2(C)CCC(C(C)C)CC2)C1c1cccc([N+](=O)[O-])c1. The molecule has 0 aromatic heterocycles. The Kier molecular flexibility index (Phi) is 7.74. The molecule has 34 heavy (non-hydrogen) atoms. The number of nitro benzene ring substituents is 1. The van der Waals surface area contributed by atoms with Crippen LogP contribution in [0.5, 0.6) is 0 Å². The third kappa shape index (κ3) is 5.46. The Hall–Kier alpha value is -3.23. The molecule has 1 heterocycles. The summed E-state index contributed by atoms with van der Waals surface area (Å²) in [5.74, 6) is -1.05.